The summed E-state index contributed by atoms with van der Waals surface area (Å²) in [5.41, 5.74) is 0. The van der Waals surface area contributed by atoms with E-state index in [1.54, 1.807) is 0 Å². The first kappa shape index (κ1) is 12.1. The van der Waals surface area contributed by atoms with Crippen molar-refractivity contribution in [2.45, 2.75) is 38.5 Å². The molecule has 0 aromatic heterocycles. The molecule has 1 heterocycles. The SMILES string of the molecule is O=C1CCC(=O)N1C[C@H]1CC[C@H](C(=O)O)CC1. The zero-order valence-corrected chi connectivity index (χ0v) is 9.72. The van der Waals surface area contributed by atoms with Crippen molar-refractivity contribution in [3.05, 3.63) is 0 Å². The van der Waals surface area contributed by atoms with Gasteiger partial charge in [0.1, 0.15) is 0 Å². The second kappa shape index (κ2) is 4.85. The maximum atomic E-state index is 11.4. The number of carboxylic acids is 1. The molecule has 17 heavy (non-hydrogen) atoms. The van der Waals surface area contributed by atoms with Crippen LogP contribution in [-0.2, 0) is 14.4 Å². The summed E-state index contributed by atoms with van der Waals surface area (Å²) in [5.74, 6) is -0.824. The average molecular weight is 239 g/mol. The van der Waals surface area contributed by atoms with Crippen LogP contribution in [-0.4, -0.2) is 34.3 Å². The van der Waals surface area contributed by atoms with Gasteiger partial charge in [-0.05, 0) is 31.6 Å². The van der Waals surface area contributed by atoms with Crippen LogP contribution in [0.25, 0.3) is 0 Å². The fraction of sp³-hybridized carbons (Fsp3) is 0.750. The second-order valence-corrected chi connectivity index (χ2v) is 4.95. The third-order valence-electron chi connectivity index (χ3n) is 3.79. The molecule has 2 fully saturated rings. The topological polar surface area (TPSA) is 74.7 Å². The number of amides is 2. The number of aliphatic carboxylic acids is 1. The average Bonchev–Trinajstić information content (AvgIpc) is 2.61. The first-order valence-corrected chi connectivity index (χ1v) is 6.14. The highest BCUT2D eigenvalue weighted by Crippen LogP contribution is 2.30. The second-order valence-electron chi connectivity index (χ2n) is 4.95. The molecule has 1 aliphatic heterocycles. The minimum absolute atomic E-state index is 0.0737. The molecule has 2 amide bonds. The molecule has 5 heteroatoms. The van der Waals surface area contributed by atoms with Crippen molar-refractivity contribution in [2.75, 3.05) is 6.54 Å². The lowest BCUT2D eigenvalue weighted by atomic mass is 9.82. The molecule has 0 unspecified atom stereocenters. The molecule has 2 rings (SSSR count). The highest BCUT2D eigenvalue weighted by atomic mass is 16.4. The highest BCUT2D eigenvalue weighted by Gasteiger charge is 2.33. The molecule has 0 spiro atoms. The molecular weight excluding hydrogens is 222 g/mol. The Labute approximate surface area is 99.8 Å². The molecule has 1 aliphatic carbocycles. The molecule has 2 aliphatic rings. The quantitative estimate of drug-likeness (QED) is 0.746. The highest BCUT2D eigenvalue weighted by molar-refractivity contribution is 6.01. The van der Waals surface area contributed by atoms with E-state index in [4.69, 9.17) is 5.11 Å². The van der Waals surface area contributed by atoms with E-state index < -0.39 is 5.97 Å². The van der Waals surface area contributed by atoms with E-state index in [0.717, 1.165) is 12.8 Å². The molecule has 0 aromatic rings. The summed E-state index contributed by atoms with van der Waals surface area (Å²) in [6, 6.07) is 0. The van der Waals surface area contributed by atoms with Gasteiger partial charge >= 0.3 is 5.97 Å². The molecule has 0 radical (unpaired) electrons. The van der Waals surface area contributed by atoms with Crippen LogP contribution in [0.2, 0.25) is 0 Å². The maximum absolute atomic E-state index is 11.4. The summed E-state index contributed by atoms with van der Waals surface area (Å²) in [7, 11) is 0. The van der Waals surface area contributed by atoms with Gasteiger partial charge in [-0.1, -0.05) is 0 Å². The van der Waals surface area contributed by atoms with Crippen molar-refractivity contribution in [1.82, 2.24) is 4.90 Å². The summed E-state index contributed by atoms with van der Waals surface area (Å²) in [4.78, 5) is 35.0. The van der Waals surface area contributed by atoms with Gasteiger partial charge in [0, 0.05) is 19.4 Å². The predicted molar refractivity (Wildman–Crippen MR) is 59.0 cm³/mol. The fourth-order valence-electron chi connectivity index (χ4n) is 2.68. The van der Waals surface area contributed by atoms with Crippen LogP contribution in [0.5, 0.6) is 0 Å². The van der Waals surface area contributed by atoms with Crippen LogP contribution in [0.15, 0.2) is 0 Å². The number of likely N-dealkylation sites (tertiary alicyclic amines) is 1. The Morgan fingerprint density at radius 3 is 2.12 bits per heavy atom. The van der Waals surface area contributed by atoms with Crippen LogP contribution in [0, 0.1) is 11.8 Å². The lowest BCUT2D eigenvalue weighted by molar-refractivity contribution is -0.144. The molecule has 0 bridgehead atoms. The smallest absolute Gasteiger partial charge is 0.306 e. The van der Waals surface area contributed by atoms with Crippen LogP contribution in [0.1, 0.15) is 38.5 Å². The van der Waals surface area contributed by atoms with Gasteiger partial charge in [0.2, 0.25) is 11.8 Å². The minimum atomic E-state index is -0.725. The summed E-state index contributed by atoms with van der Waals surface area (Å²) in [6.07, 6.45) is 3.60. The monoisotopic (exact) mass is 239 g/mol. The standard InChI is InChI=1S/C12H17NO4/c14-10-5-6-11(15)13(10)7-8-1-3-9(4-2-8)12(16)17/h8-9H,1-7H2,(H,16,17)/t8-,9-. The van der Waals surface area contributed by atoms with Gasteiger partial charge in [-0.2, -0.15) is 0 Å². The Kier molecular flexibility index (Phi) is 3.45. The summed E-state index contributed by atoms with van der Waals surface area (Å²) in [5, 5.41) is 8.87. The predicted octanol–water partition coefficient (Wildman–Crippen LogP) is 1.03. The molecule has 1 N–H and O–H groups in total. The van der Waals surface area contributed by atoms with E-state index in [-0.39, 0.29) is 23.7 Å². The van der Waals surface area contributed by atoms with Gasteiger partial charge < -0.3 is 5.11 Å². The lowest BCUT2D eigenvalue weighted by Crippen LogP contribution is -2.36. The van der Waals surface area contributed by atoms with Crippen LogP contribution < -0.4 is 0 Å². The van der Waals surface area contributed by atoms with Crippen LogP contribution in [0.3, 0.4) is 0 Å². The number of hydrogen-bond acceptors (Lipinski definition) is 3. The largest absolute Gasteiger partial charge is 0.481 e. The summed E-state index contributed by atoms with van der Waals surface area (Å²) in [6.45, 7) is 0.490. The van der Waals surface area contributed by atoms with Gasteiger partial charge in [-0.25, -0.2) is 0 Å². The molecule has 1 saturated heterocycles. The van der Waals surface area contributed by atoms with Gasteiger partial charge in [-0.15, -0.1) is 0 Å². The zero-order valence-electron chi connectivity index (χ0n) is 9.72. The molecule has 0 atom stereocenters. The Balaban J connectivity index is 1.84. The number of carbonyl (C=O) groups excluding carboxylic acids is 2. The number of imide groups is 1. The Hall–Kier alpha value is -1.39. The van der Waals surface area contributed by atoms with Crippen molar-refractivity contribution in [2.24, 2.45) is 11.8 Å². The number of carboxylic acid groups (broad SMARTS) is 1. The van der Waals surface area contributed by atoms with Crippen LogP contribution in [0.4, 0.5) is 0 Å². The van der Waals surface area contributed by atoms with E-state index in [2.05, 4.69) is 0 Å². The third kappa shape index (κ3) is 2.65. The van der Waals surface area contributed by atoms with Gasteiger partial charge in [0.05, 0.1) is 5.92 Å². The minimum Gasteiger partial charge on any atom is -0.481 e. The van der Waals surface area contributed by atoms with Gasteiger partial charge in [0.25, 0.3) is 0 Å². The van der Waals surface area contributed by atoms with Gasteiger partial charge in [0.15, 0.2) is 0 Å². The van der Waals surface area contributed by atoms with Gasteiger partial charge in [-0.3, -0.25) is 19.3 Å². The molecule has 5 nitrogen and oxygen atoms in total. The summed E-state index contributed by atoms with van der Waals surface area (Å²) < 4.78 is 0. The first-order valence-electron chi connectivity index (χ1n) is 6.14. The number of carbonyl (C=O) groups is 3. The van der Waals surface area contributed by atoms with Crippen molar-refractivity contribution < 1.29 is 19.5 Å². The number of nitrogens with zero attached hydrogens (tertiary/aromatic N) is 1. The first-order chi connectivity index (χ1) is 8.08. The van der Waals surface area contributed by atoms with Crippen LogP contribution >= 0.6 is 0 Å². The van der Waals surface area contributed by atoms with Crippen molar-refractivity contribution in [3.63, 3.8) is 0 Å². The molecule has 94 valence electrons. The Morgan fingerprint density at radius 2 is 1.65 bits per heavy atom. The number of rotatable bonds is 3. The Morgan fingerprint density at radius 1 is 1.12 bits per heavy atom. The van der Waals surface area contributed by atoms with E-state index in [1.165, 1.54) is 4.90 Å². The third-order valence-corrected chi connectivity index (χ3v) is 3.79. The van der Waals surface area contributed by atoms with E-state index in [9.17, 15) is 14.4 Å². The van der Waals surface area contributed by atoms with Crippen molar-refractivity contribution in [1.29, 1.82) is 0 Å². The summed E-state index contributed by atoms with van der Waals surface area (Å²) >= 11 is 0. The zero-order chi connectivity index (χ0) is 12.4. The maximum Gasteiger partial charge on any atom is 0.306 e. The number of hydrogen-bond donors (Lipinski definition) is 1. The van der Waals surface area contributed by atoms with Crippen molar-refractivity contribution >= 4 is 17.8 Å². The molecule has 1 saturated carbocycles. The fourth-order valence-corrected chi connectivity index (χ4v) is 2.68. The molecule has 0 aromatic carbocycles. The molecular formula is C12H17NO4. The van der Waals surface area contributed by atoms with E-state index in [0.29, 0.717) is 32.2 Å². The lowest BCUT2D eigenvalue weighted by Gasteiger charge is -2.28. The van der Waals surface area contributed by atoms with Crippen molar-refractivity contribution in [3.8, 4) is 0 Å². The van der Waals surface area contributed by atoms with E-state index >= 15 is 0 Å². The normalized spacial score (nSPS) is 29.8. The Bertz CT molecular complexity index is 328. The van der Waals surface area contributed by atoms with E-state index in [1.807, 2.05) is 0 Å².